The van der Waals surface area contributed by atoms with E-state index in [0.717, 1.165) is 101 Å². The number of nitro benzene ring substituents is 2. The van der Waals surface area contributed by atoms with Gasteiger partial charge in [0.2, 0.25) is 11.7 Å². The van der Waals surface area contributed by atoms with E-state index in [4.69, 9.17) is 17.6 Å². The first-order chi connectivity index (χ1) is 43.7. The molecular weight excluding hydrogens is 1640 g/mol. The molecule has 0 bridgehead atoms. The summed E-state index contributed by atoms with van der Waals surface area (Å²) in [6.07, 6.45) is 13.3. The van der Waals surface area contributed by atoms with Crippen LogP contribution in [0.3, 0.4) is 0 Å². The molecule has 1 saturated heterocycles. The zero-order valence-electron chi connectivity index (χ0n) is 49.7. The van der Waals surface area contributed by atoms with Gasteiger partial charge in [-0.15, -0.1) is 0 Å². The standard InChI is InChI=1S/C11H9F2NO.C10H7BrF2N2.C9H8F2N2O2.C9H10F2N2.C6H2F3NO2.C4H8O2.C4H8O.C3H7N.CH3I.Br3OP/c12-8-3-6-4-11(15)14(7-1-2-7)10(6)5-9(8)13;11-10-14-8-3-6(12)7(13)4-9(8)15(10)5-1-2-5;10-6-3-8(12-5-1-2-5)9(13(14)15)4-7(6)11;10-6-3-8(12)9(4-7(6)11)13-5-1-2-5;7-3-1-5(9)6(10(11)12)2-4(3)8;1-3-6-4(2)5;1-2-4-5-3-1;4-3-1-2-3;1-2;1-5(2,3)4/h3,5,7H,1-2,4H2;3-5H,1-2H2;3-5,12H,1-2H2;3-5,13H,1-2,12H2;1-2H;3H2,1-2H3;1-4H2;3H,1-2,4H2;1H3;/i;;;;;;;;1D;. The van der Waals surface area contributed by atoms with Gasteiger partial charge in [0.05, 0.1) is 63.1 Å². The van der Waals surface area contributed by atoms with Crippen LogP contribution in [0.5, 0.6) is 0 Å². The molecule has 7 aliphatic rings. The molecule has 0 unspecified atom stereocenters. The number of aromatic nitrogens is 2. The third kappa shape index (κ3) is 28.0. The number of hydrogen-bond donors (Lipinski definition) is 4. The van der Waals surface area contributed by atoms with Crippen molar-refractivity contribution in [1.29, 1.82) is 0 Å². The van der Waals surface area contributed by atoms with Crippen molar-refractivity contribution in [3.63, 3.8) is 0 Å². The van der Waals surface area contributed by atoms with E-state index in [1.54, 1.807) is 11.8 Å². The smallest absolute Gasteiger partial charge is 0.307 e. The number of carbonyl (C=O) groups is 2. The fourth-order valence-electron chi connectivity index (χ4n) is 7.65. The largest absolute Gasteiger partial charge is 0.466 e. The molecule has 5 aliphatic carbocycles. The highest BCUT2D eigenvalue weighted by molar-refractivity contribution is 14.1. The molecule has 506 valence electrons. The second-order valence-corrected chi connectivity index (χ2v) is 39.6. The van der Waals surface area contributed by atoms with Crippen molar-refractivity contribution in [2.75, 3.05) is 46.0 Å². The Bertz CT molecular complexity index is 3580. The molecule has 92 heavy (non-hydrogen) atoms. The lowest BCUT2D eigenvalue weighted by Crippen LogP contribution is -2.28. The lowest BCUT2D eigenvalue weighted by atomic mass is 10.1. The predicted molar refractivity (Wildman–Crippen MR) is 350 cm³/mol. The molecule has 35 heteroatoms. The van der Waals surface area contributed by atoms with Crippen molar-refractivity contribution in [3.05, 3.63) is 155 Å². The van der Waals surface area contributed by atoms with Gasteiger partial charge in [-0.1, -0.05) is 22.6 Å². The summed E-state index contributed by atoms with van der Waals surface area (Å²) >= 11 is 13.6. The Kier molecular flexibility index (Phi) is 31.8. The molecule has 3 heterocycles. The molecule has 6 aromatic rings. The van der Waals surface area contributed by atoms with Gasteiger partial charge in [0.1, 0.15) is 5.69 Å². The average molecular weight is 1700 g/mol. The third-order valence-corrected chi connectivity index (χ3v) is 13.2. The summed E-state index contributed by atoms with van der Waals surface area (Å²) in [5.41, 5.74) is 12.3. The molecule has 2 aliphatic heterocycles. The van der Waals surface area contributed by atoms with Crippen molar-refractivity contribution in [2.45, 2.75) is 128 Å². The minimum atomic E-state index is -2.20. The normalized spacial score (nSPS) is 15.6. The van der Waals surface area contributed by atoms with Gasteiger partial charge in [-0.25, -0.2) is 48.9 Å². The Labute approximate surface area is 568 Å². The summed E-state index contributed by atoms with van der Waals surface area (Å²) in [5, 5.41) is 26.3. The monoisotopic (exact) mass is 1700 g/mol. The van der Waals surface area contributed by atoms with Crippen molar-refractivity contribution in [2.24, 2.45) is 5.73 Å². The van der Waals surface area contributed by atoms with E-state index in [2.05, 4.69) is 82.8 Å². The van der Waals surface area contributed by atoms with Crippen LogP contribution in [0, 0.1) is 84.2 Å². The van der Waals surface area contributed by atoms with Crippen LogP contribution in [0.4, 0.5) is 82.4 Å². The number of nitrogens with zero attached hydrogens (tertiary/aromatic N) is 5. The number of ether oxygens (including phenoxy) is 2. The number of benzene rings is 5. The first kappa shape index (κ1) is 77.4. The predicted octanol–water partition coefficient (Wildman–Crippen LogP) is 17.8. The molecule has 0 spiro atoms. The molecule has 6 fully saturated rings. The number of hydrogen-bond acceptors (Lipinski definition) is 14. The maximum absolute atomic E-state index is 13.1. The first-order valence-electron chi connectivity index (χ1n) is 28.4. The van der Waals surface area contributed by atoms with E-state index < -0.39 is 88.5 Å². The van der Waals surface area contributed by atoms with Gasteiger partial charge < -0.3 is 41.0 Å². The molecule has 6 N–H and O–H groups in total. The van der Waals surface area contributed by atoms with Gasteiger partial charge in [0.15, 0.2) is 62.9 Å². The molecule has 18 nitrogen and oxygen atoms in total. The van der Waals surface area contributed by atoms with Gasteiger partial charge in [0.25, 0.3) is 8.94 Å². The number of nitrogen functional groups attached to an aromatic ring is 1. The van der Waals surface area contributed by atoms with E-state index >= 15 is 0 Å². The average Bonchev–Trinajstić information content (AvgIpc) is 1.64. The van der Waals surface area contributed by atoms with Gasteiger partial charge in [0, 0.05) is 141 Å². The number of amides is 1. The van der Waals surface area contributed by atoms with Crippen LogP contribution in [0.2, 0.25) is 0 Å². The van der Waals surface area contributed by atoms with Crippen LogP contribution < -0.4 is 27.0 Å². The Hall–Kier alpha value is -5.26. The number of nitrogens with one attached hydrogen (secondary N) is 2. The van der Waals surface area contributed by atoms with Crippen LogP contribution in [0.25, 0.3) is 11.0 Å². The van der Waals surface area contributed by atoms with Gasteiger partial charge in [-0.2, -0.15) is 4.39 Å². The summed E-state index contributed by atoms with van der Waals surface area (Å²) in [6.45, 7) is 5.65. The molecule has 0 radical (unpaired) electrons. The molecule has 13 rings (SSSR count). The van der Waals surface area contributed by atoms with Crippen LogP contribution in [0.15, 0.2) is 65.4 Å². The fraction of sp³-hybridized carbons (Fsp3) is 0.421. The van der Waals surface area contributed by atoms with Crippen molar-refractivity contribution < 1.29 is 83.1 Å². The van der Waals surface area contributed by atoms with E-state index in [-0.39, 0.29) is 53.9 Å². The van der Waals surface area contributed by atoms with Gasteiger partial charge >= 0.3 is 11.7 Å². The second-order valence-electron chi connectivity index (χ2n) is 20.5. The van der Waals surface area contributed by atoms with Crippen LogP contribution in [-0.2, 0) is 30.0 Å². The first-order valence-corrected chi connectivity index (χ1v) is 37.8. The number of anilines is 4. The number of imidazole rings is 1. The van der Waals surface area contributed by atoms with Crippen LogP contribution in [0.1, 0.15) is 104 Å². The molecular formula is C57H62Br4F11IN9O9P. The summed E-state index contributed by atoms with van der Waals surface area (Å²) in [5.74, 6) is -12.0. The number of rotatable bonds is 9. The Balaban J connectivity index is 0.000000229. The topological polar surface area (TPSA) is 253 Å². The van der Waals surface area contributed by atoms with E-state index in [1.165, 1.54) is 38.7 Å². The molecule has 1 aromatic heterocycles. The molecule has 5 saturated carbocycles. The third-order valence-electron chi connectivity index (χ3n) is 12.7. The Morgan fingerprint density at radius 1 is 0.696 bits per heavy atom. The number of esters is 1. The minimum Gasteiger partial charge on any atom is -0.466 e. The summed E-state index contributed by atoms with van der Waals surface area (Å²) in [4.78, 5) is 46.3. The summed E-state index contributed by atoms with van der Waals surface area (Å²) in [6, 6.07) is 10.2. The maximum atomic E-state index is 13.1. The van der Waals surface area contributed by atoms with Crippen LogP contribution in [-0.4, -0.2) is 80.2 Å². The van der Waals surface area contributed by atoms with Crippen molar-refractivity contribution in [1.82, 2.24) is 9.55 Å². The number of nitrogens with two attached hydrogens (primary N) is 2. The van der Waals surface area contributed by atoms with E-state index in [9.17, 15) is 82.7 Å². The van der Waals surface area contributed by atoms with E-state index in [0.29, 0.717) is 68.4 Å². The Morgan fingerprint density at radius 2 is 1.12 bits per heavy atom. The van der Waals surface area contributed by atoms with Crippen LogP contribution >= 0.6 is 88.2 Å². The minimum absolute atomic E-state index is 0.0430. The highest BCUT2D eigenvalue weighted by Gasteiger charge is 2.39. The van der Waals surface area contributed by atoms with Gasteiger partial charge in [-0.3, -0.25) is 34.4 Å². The Morgan fingerprint density at radius 3 is 1.55 bits per heavy atom. The maximum Gasteiger partial charge on any atom is 0.307 e. The number of carbonyl (C=O) groups excluding carboxylic acids is 2. The SMILES string of the molecule is C1CCOC1.CCOC(C)=O.Fc1cc2nc(Br)n(C3CC3)c2cc1F.NC1CC1.Nc1cc(F)c(F)cc1NC1CC1.O=C1Cc2cc(F)c(F)cc2N1C1CC1.O=P(Br)(Br)Br.O=[N+]([O-])c1cc(F)c(F)cc1F.O=[N+]([O-])c1cc(F)c(F)cc1NC1CC1.[2H]CI. The fourth-order valence-corrected chi connectivity index (χ4v) is 8.32. The number of halogens is 16. The van der Waals surface area contributed by atoms with E-state index in [1.807, 2.05) is 27.2 Å². The lowest BCUT2D eigenvalue weighted by molar-refractivity contribution is -0.387. The molecule has 1 amide bonds. The molecule has 5 aromatic carbocycles. The second kappa shape index (κ2) is 37.7. The van der Waals surface area contributed by atoms with Crippen molar-refractivity contribution in [3.8, 4) is 0 Å². The number of fused-ring (bicyclic) bond motifs is 2. The summed E-state index contributed by atoms with van der Waals surface area (Å²) < 4.78 is 166. The highest BCUT2D eigenvalue weighted by atomic mass is 127. The zero-order valence-corrected chi connectivity index (χ0v) is 58.1. The molecule has 0 atom stereocenters. The highest BCUT2D eigenvalue weighted by Crippen LogP contribution is 2.68. The van der Waals surface area contributed by atoms with Crippen molar-refractivity contribution >= 4 is 145 Å². The summed E-state index contributed by atoms with van der Waals surface area (Å²) in [7, 11) is 0. The quantitative estimate of drug-likeness (QED) is 0.0121. The number of alkyl halides is 1. The number of nitro groups is 2. The zero-order chi connectivity index (χ0) is 69.6. The lowest BCUT2D eigenvalue weighted by Gasteiger charge is -2.16. The van der Waals surface area contributed by atoms with Gasteiger partial charge in [-0.05, 0) is 116 Å².